The van der Waals surface area contributed by atoms with E-state index in [1.807, 2.05) is 0 Å². The van der Waals surface area contributed by atoms with Crippen molar-refractivity contribution in [2.24, 2.45) is 0 Å². The fraction of sp³-hybridized carbons (Fsp3) is 0.600. The fourth-order valence-electron chi connectivity index (χ4n) is 1.19. The van der Waals surface area contributed by atoms with Gasteiger partial charge in [-0.25, -0.2) is 0 Å². The number of nitrogens with one attached hydrogen (secondary N) is 2. The molecule has 0 aromatic heterocycles. The molecule has 0 aromatic carbocycles. The molecule has 96 valence electrons. The van der Waals surface area contributed by atoms with Crippen LogP contribution < -0.4 is 10.6 Å². The van der Waals surface area contributed by atoms with Crippen LogP contribution in [0.15, 0.2) is 0 Å². The highest BCUT2D eigenvalue weighted by molar-refractivity contribution is 5.86. The Bertz CT molecular complexity index is 292. The number of carbonyl (C=O) groups excluding carboxylic acids is 3. The summed E-state index contributed by atoms with van der Waals surface area (Å²) < 4.78 is 0. The van der Waals surface area contributed by atoms with E-state index in [1.165, 1.54) is 7.05 Å². The molecule has 0 saturated heterocycles. The molecular formula is C10H16N2O5. The minimum absolute atomic E-state index is 0.00710. The van der Waals surface area contributed by atoms with Crippen LogP contribution in [0.2, 0.25) is 0 Å². The number of hydrogen-bond acceptors (Lipinski definition) is 5. The van der Waals surface area contributed by atoms with E-state index in [-0.39, 0.29) is 19.3 Å². The zero-order valence-corrected chi connectivity index (χ0v) is 9.51. The van der Waals surface area contributed by atoms with E-state index in [1.54, 1.807) is 0 Å². The van der Waals surface area contributed by atoms with Gasteiger partial charge in [0.05, 0.1) is 12.1 Å². The van der Waals surface area contributed by atoms with Crippen molar-refractivity contribution in [3.8, 4) is 0 Å². The Kier molecular flexibility index (Phi) is 7.53. The molecule has 2 atom stereocenters. The standard InChI is InChI=1S/C10H16N2O5/c1-11-8(4-5-13)10(17)12-7(6-14)2-3-9(15)16/h5-8,11H,2-4H2,1H3,(H,12,17)(H,15,16). The van der Waals surface area contributed by atoms with Crippen molar-refractivity contribution in [1.29, 1.82) is 0 Å². The van der Waals surface area contributed by atoms with Gasteiger partial charge in [-0.2, -0.15) is 0 Å². The Balaban J connectivity index is 4.24. The molecule has 0 aliphatic carbocycles. The van der Waals surface area contributed by atoms with Gasteiger partial charge < -0.3 is 25.3 Å². The van der Waals surface area contributed by atoms with Gasteiger partial charge >= 0.3 is 5.97 Å². The van der Waals surface area contributed by atoms with Crippen molar-refractivity contribution in [3.63, 3.8) is 0 Å². The van der Waals surface area contributed by atoms with Crippen molar-refractivity contribution in [2.75, 3.05) is 7.05 Å². The number of aliphatic carboxylic acids is 1. The summed E-state index contributed by atoms with van der Waals surface area (Å²) in [4.78, 5) is 42.8. The molecule has 0 aliphatic rings. The lowest BCUT2D eigenvalue weighted by atomic mass is 10.1. The number of hydrogen-bond donors (Lipinski definition) is 3. The average molecular weight is 244 g/mol. The molecule has 2 unspecified atom stereocenters. The molecule has 0 saturated carbocycles. The minimum Gasteiger partial charge on any atom is -0.481 e. The Morgan fingerprint density at radius 2 is 2.00 bits per heavy atom. The van der Waals surface area contributed by atoms with Crippen LogP contribution >= 0.6 is 0 Å². The first-order chi connectivity index (χ1) is 8.04. The number of rotatable bonds is 9. The van der Waals surface area contributed by atoms with E-state index in [4.69, 9.17) is 5.11 Å². The first-order valence-electron chi connectivity index (χ1n) is 5.13. The lowest BCUT2D eigenvalue weighted by Crippen LogP contribution is -2.47. The fourth-order valence-corrected chi connectivity index (χ4v) is 1.19. The van der Waals surface area contributed by atoms with Gasteiger partial charge in [0.2, 0.25) is 5.91 Å². The van der Waals surface area contributed by atoms with Gasteiger partial charge in [-0.15, -0.1) is 0 Å². The maximum atomic E-state index is 11.5. The number of carboxylic acid groups (broad SMARTS) is 1. The lowest BCUT2D eigenvalue weighted by molar-refractivity contribution is -0.137. The van der Waals surface area contributed by atoms with E-state index in [9.17, 15) is 19.2 Å². The largest absolute Gasteiger partial charge is 0.481 e. The normalized spacial score (nSPS) is 13.5. The highest BCUT2D eigenvalue weighted by Crippen LogP contribution is 1.97. The van der Waals surface area contributed by atoms with Crippen molar-refractivity contribution in [3.05, 3.63) is 0 Å². The van der Waals surface area contributed by atoms with Gasteiger partial charge in [0.1, 0.15) is 12.6 Å². The van der Waals surface area contributed by atoms with E-state index >= 15 is 0 Å². The van der Waals surface area contributed by atoms with Crippen LogP contribution in [-0.4, -0.2) is 48.7 Å². The summed E-state index contributed by atoms with van der Waals surface area (Å²) >= 11 is 0. The summed E-state index contributed by atoms with van der Waals surface area (Å²) in [6.07, 6.45) is 0.888. The summed E-state index contributed by atoms with van der Waals surface area (Å²) in [6, 6.07) is -1.55. The molecule has 7 heteroatoms. The van der Waals surface area contributed by atoms with Gasteiger partial charge in [0.15, 0.2) is 0 Å². The Hall–Kier alpha value is -1.76. The summed E-state index contributed by atoms with van der Waals surface area (Å²) in [7, 11) is 1.51. The first-order valence-corrected chi connectivity index (χ1v) is 5.13. The highest BCUT2D eigenvalue weighted by atomic mass is 16.4. The first kappa shape index (κ1) is 15.2. The van der Waals surface area contributed by atoms with Gasteiger partial charge in [-0.3, -0.25) is 9.59 Å². The zero-order chi connectivity index (χ0) is 13.3. The summed E-state index contributed by atoms with van der Waals surface area (Å²) in [5, 5.41) is 13.4. The van der Waals surface area contributed by atoms with Crippen molar-refractivity contribution in [1.82, 2.24) is 10.6 Å². The average Bonchev–Trinajstić information content (AvgIpc) is 2.30. The molecule has 0 aromatic rings. The topological polar surface area (TPSA) is 113 Å². The van der Waals surface area contributed by atoms with Gasteiger partial charge in [0, 0.05) is 12.8 Å². The number of carboxylic acids is 1. The second kappa shape index (κ2) is 8.40. The Morgan fingerprint density at radius 3 is 2.41 bits per heavy atom. The molecular weight excluding hydrogens is 228 g/mol. The van der Waals surface area contributed by atoms with Crippen LogP contribution in [0.4, 0.5) is 0 Å². The number of likely N-dealkylation sites (N-methyl/N-ethyl adjacent to an activating group) is 1. The van der Waals surface area contributed by atoms with E-state index in [2.05, 4.69) is 10.6 Å². The Morgan fingerprint density at radius 1 is 1.35 bits per heavy atom. The molecule has 7 nitrogen and oxygen atoms in total. The van der Waals surface area contributed by atoms with Gasteiger partial charge in [-0.1, -0.05) is 0 Å². The number of carbonyl (C=O) groups is 4. The van der Waals surface area contributed by atoms with Crippen LogP contribution in [0, 0.1) is 0 Å². The number of aldehydes is 2. The summed E-state index contributed by atoms with van der Waals surface area (Å²) in [5.74, 6) is -1.54. The van der Waals surface area contributed by atoms with Crippen LogP contribution in [-0.2, 0) is 19.2 Å². The van der Waals surface area contributed by atoms with Crippen molar-refractivity contribution in [2.45, 2.75) is 31.3 Å². The van der Waals surface area contributed by atoms with E-state index < -0.39 is 24.0 Å². The molecule has 0 rings (SSSR count). The Labute approximate surface area is 98.6 Å². The predicted octanol–water partition coefficient (Wildman–Crippen LogP) is -1.29. The van der Waals surface area contributed by atoms with Gasteiger partial charge in [0.25, 0.3) is 0 Å². The monoisotopic (exact) mass is 244 g/mol. The second-order valence-electron chi connectivity index (χ2n) is 3.43. The third-order valence-electron chi connectivity index (χ3n) is 2.16. The summed E-state index contributed by atoms with van der Waals surface area (Å²) in [6.45, 7) is 0. The molecule has 0 spiro atoms. The molecule has 0 radical (unpaired) electrons. The van der Waals surface area contributed by atoms with Gasteiger partial charge in [-0.05, 0) is 13.5 Å². The molecule has 3 N–H and O–H groups in total. The van der Waals surface area contributed by atoms with Crippen molar-refractivity contribution >= 4 is 24.4 Å². The quantitative estimate of drug-likeness (QED) is 0.435. The SMILES string of the molecule is CNC(CC=O)C(=O)NC(C=O)CCC(=O)O. The van der Waals surface area contributed by atoms with Crippen LogP contribution in [0.3, 0.4) is 0 Å². The maximum absolute atomic E-state index is 11.5. The lowest BCUT2D eigenvalue weighted by Gasteiger charge is -2.17. The minimum atomic E-state index is -1.04. The molecule has 17 heavy (non-hydrogen) atoms. The predicted molar refractivity (Wildman–Crippen MR) is 58.4 cm³/mol. The zero-order valence-electron chi connectivity index (χ0n) is 9.51. The second-order valence-corrected chi connectivity index (χ2v) is 3.43. The highest BCUT2D eigenvalue weighted by Gasteiger charge is 2.19. The molecule has 1 amide bonds. The van der Waals surface area contributed by atoms with Crippen LogP contribution in [0.5, 0.6) is 0 Å². The van der Waals surface area contributed by atoms with Crippen LogP contribution in [0.1, 0.15) is 19.3 Å². The number of amides is 1. The third kappa shape index (κ3) is 6.41. The molecule has 0 bridgehead atoms. The smallest absolute Gasteiger partial charge is 0.303 e. The van der Waals surface area contributed by atoms with E-state index in [0.717, 1.165) is 0 Å². The van der Waals surface area contributed by atoms with E-state index in [0.29, 0.717) is 12.6 Å². The molecule has 0 aliphatic heterocycles. The molecule has 0 fully saturated rings. The third-order valence-corrected chi connectivity index (χ3v) is 2.16. The summed E-state index contributed by atoms with van der Waals surface area (Å²) in [5.41, 5.74) is 0. The maximum Gasteiger partial charge on any atom is 0.303 e. The molecule has 0 heterocycles. The van der Waals surface area contributed by atoms with Crippen LogP contribution in [0.25, 0.3) is 0 Å². The van der Waals surface area contributed by atoms with Crippen molar-refractivity contribution < 1.29 is 24.3 Å².